The Balaban J connectivity index is 1.59. The summed E-state index contributed by atoms with van der Waals surface area (Å²) in [6, 6.07) is 0.750. The van der Waals surface area contributed by atoms with Crippen LogP contribution in [0.1, 0.15) is 70.1 Å². The summed E-state index contributed by atoms with van der Waals surface area (Å²) in [5, 5.41) is 12.0. The maximum atomic E-state index is 5.90. The number of aromatic nitrogens is 2. The molecular weight excluding hydrogens is 238 g/mol. The van der Waals surface area contributed by atoms with Crippen LogP contribution < -0.4 is 5.32 Å². The van der Waals surface area contributed by atoms with E-state index >= 15 is 0 Å². The van der Waals surface area contributed by atoms with Crippen molar-refractivity contribution in [1.29, 1.82) is 0 Å². The molecule has 1 aromatic rings. The predicted molar refractivity (Wildman–Crippen MR) is 74.0 cm³/mol. The number of hydrogen-bond acceptors (Lipinski definition) is 4. The zero-order valence-corrected chi connectivity index (χ0v) is 12.1. The van der Waals surface area contributed by atoms with E-state index in [-0.39, 0.29) is 0 Å². The molecule has 4 heteroatoms. The Bertz CT molecular complexity index is 423. The zero-order valence-electron chi connectivity index (χ0n) is 12.1. The smallest absolute Gasteiger partial charge is 0.220 e. The maximum Gasteiger partial charge on any atom is 0.220 e. The monoisotopic (exact) mass is 263 g/mol. The average Bonchev–Trinajstić information content (AvgIpc) is 3.07. The Kier molecular flexibility index (Phi) is 3.61. The highest BCUT2D eigenvalue weighted by Crippen LogP contribution is 2.46. The highest BCUT2D eigenvalue weighted by Gasteiger charge is 2.36. The van der Waals surface area contributed by atoms with Crippen molar-refractivity contribution in [1.82, 2.24) is 15.5 Å². The minimum Gasteiger partial charge on any atom is -0.425 e. The molecule has 1 N–H and O–H groups in total. The molecule has 0 aliphatic heterocycles. The molecule has 0 saturated heterocycles. The minimum atomic E-state index is 0.300. The predicted octanol–water partition coefficient (Wildman–Crippen LogP) is 3.05. The van der Waals surface area contributed by atoms with Gasteiger partial charge in [0, 0.05) is 24.9 Å². The van der Waals surface area contributed by atoms with Crippen molar-refractivity contribution in [2.75, 3.05) is 6.54 Å². The van der Waals surface area contributed by atoms with Gasteiger partial charge in [0.1, 0.15) is 0 Å². The first-order chi connectivity index (χ1) is 9.15. The Morgan fingerprint density at radius 1 is 1.21 bits per heavy atom. The van der Waals surface area contributed by atoms with Gasteiger partial charge in [-0.05, 0) is 31.1 Å². The molecule has 1 unspecified atom stereocenters. The van der Waals surface area contributed by atoms with Crippen LogP contribution in [0.4, 0.5) is 0 Å². The Morgan fingerprint density at radius 2 is 2.05 bits per heavy atom. The quantitative estimate of drug-likeness (QED) is 0.887. The molecule has 2 aliphatic rings. The summed E-state index contributed by atoms with van der Waals surface area (Å²) < 4.78 is 5.90. The van der Waals surface area contributed by atoms with Gasteiger partial charge in [-0.3, -0.25) is 0 Å². The van der Waals surface area contributed by atoms with Gasteiger partial charge in [0.25, 0.3) is 0 Å². The molecule has 4 nitrogen and oxygen atoms in total. The lowest BCUT2D eigenvalue weighted by Crippen LogP contribution is -2.26. The summed E-state index contributed by atoms with van der Waals surface area (Å²) in [6.45, 7) is 5.62. The van der Waals surface area contributed by atoms with Gasteiger partial charge in [-0.1, -0.05) is 26.7 Å². The second-order valence-electron chi connectivity index (χ2n) is 6.80. The average molecular weight is 263 g/mol. The van der Waals surface area contributed by atoms with Crippen LogP contribution in [0.2, 0.25) is 0 Å². The standard InChI is InChI=1S/C15H25N3O/c1-15(2)9-4-3-5-12(15)14-18-17-13(19-14)8-10-16-11-6-7-11/h11-12,16H,3-10H2,1-2H3. The lowest BCUT2D eigenvalue weighted by atomic mass is 9.69. The van der Waals surface area contributed by atoms with E-state index in [1.165, 1.54) is 38.5 Å². The summed E-state index contributed by atoms with van der Waals surface area (Å²) in [4.78, 5) is 0. The summed E-state index contributed by atoms with van der Waals surface area (Å²) in [7, 11) is 0. The van der Waals surface area contributed by atoms with Crippen molar-refractivity contribution in [3.63, 3.8) is 0 Å². The van der Waals surface area contributed by atoms with Gasteiger partial charge < -0.3 is 9.73 Å². The van der Waals surface area contributed by atoms with Gasteiger partial charge in [-0.15, -0.1) is 10.2 Å². The molecular formula is C15H25N3O. The lowest BCUT2D eigenvalue weighted by molar-refractivity contribution is 0.171. The first kappa shape index (κ1) is 13.1. The van der Waals surface area contributed by atoms with Crippen molar-refractivity contribution in [2.24, 2.45) is 5.41 Å². The molecule has 0 amide bonds. The summed E-state index contributed by atoms with van der Waals surface area (Å²) >= 11 is 0. The highest BCUT2D eigenvalue weighted by molar-refractivity contribution is 5.01. The van der Waals surface area contributed by atoms with E-state index in [0.717, 1.165) is 30.8 Å². The van der Waals surface area contributed by atoms with Crippen LogP contribution in [0.15, 0.2) is 4.42 Å². The molecule has 0 spiro atoms. The molecule has 0 aromatic carbocycles. The topological polar surface area (TPSA) is 51.0 Å². The van der Waals surface area contributed by atoms with Crippen molar-refractivity contribution < 1.29 is 4.42 Å². The highest BCUT2D eigenvalue weighted by atomic mass is 16.4. The van der Waals surface area contributed by atoms with Crippen molar-refractivity contribution in [3.05, 3.63) is 11.8 Å². The van der Waals surface area contributed by atoms with E-state index in [4.69, 9.17) is 4.42 Å². The third-order valence-electron chi connectivity index (χ3n) is 4.64. The Labute approximate surface area is 115 Å². The second-order valence-corrected chi connectivity index (χ2v) is 6.80. The number of rotatable bonds is 5. The Morgan fingerprint density at radius 3 is 2.79 bits per heavy atom. The van der Waals surface area contributed by atoms with Crippen LogP contribution in [0, 0.1) is 5.41 Å². The molecule has 2 saturated carbocycles. The minimum absolute atomic E-state index is 0.300. The van der Waals surface area contributed by atoms with Crippen LogP contribution in [-0.2, 0) is 6.42 Å². The number of nitrogens with one attached hydrogen (secondary N) is 1. The first-order valence-corrected chi connectivity index (χ1v) is 7.71. The maximum absolute atomic E-state index is 5.90. The van der Waals surface area contributed by atoms with Crippen molar-refractivity contribution in [2.45, 2.75) is 70.8 Å². The van der Waals surface area contributed by atoms with Crippen molar-refractivity contribution in [3.8, 4) is 0 Å². The van der Waals surface area contributed by atoms with Gasteiger partial charge in [-0.25, -0.2) is 0 Å². The fourth-order valence-electron chi connectivity index (χ4n) is 3.13. The molecule has 2 aliphatic carbocycles. The molecule has 19 heavy (non-hydrogen) atoms. The van der Waals surface area contributed by atoms with Gasteiger partial charge in [0.15, 0.2) is 0 Å². The van der Waals surface area contributed by atoms with E-state index in [9.17, 15) is 0 Å². The summed E-state index contributed by atoms with van der Waals surface area (Å²) in [5.41, 5.74) is 0.300. The van der Waals surface area contributed by atoms with Crippen LogP contribution in [0.5, 0.6) is 0 Å². The third-order valence-corrected chi connectivity index (χ3v) is 4.64. The zero-order chi connectivity index (χ0) is 13.3. The number of nitrogens with zero attached hydrogens (tertiary/aromatic N) is 2. The summed E-state index contributed by atoms with van der Waals surface area (Å²) in [6.07, 6.45) is 8.58. The van der Waals surface area contributed by atoms with Crippen LogP contribution in [0.25, 0.3) is 0 Å². The third kappa shape index (κ3) is 3.16. The molecule has 2 fully saturated rings. The largest absolute Gasteiger partial charge is 0.425 e. The van der Waals surface area contributed by atoms with Gasteiger partial charge in [0.2, 0.25) is 11.8 Å². The Hall–Kier alpha value is -0.900. The lowest BCUT2D eigenvalue weighted by Gasteiger charge is -2.36. The molecule has 1 heterocycles. The van der Waals surface area contributed by atoms with E-state index < -0.39 is 0 Å². The van der Waals surface area contributed by atoms with Crippen LogP contribution in [0.3, 0.4) is 0 Å². The molecule has 0 bridgehead atoms. The summed E-state index contributed by atoms with van der Waals surface area (Å²) in [5.74, 6) is 2.11. The van der Waals surface area contributed by atoms with Crippen molar-refractivity contribution >= 4 is 0 Å². The fourth-order valence-corrected chi connectivity index (χ4v) is 3.13. The normalized spacial score (nSPS) is 26.5. The molecule has 3 rings (SSSR count). The van der Waals surface area contributed by atoms with Crippen LogP contribution >= 0.6 is 0 Å². The second kappa shape index (κ2) is 5.23. The molecule has 106 valence electrons. The fraction of sp³-hybridized carbons (Fsp3) is 0.867. The van der Waals surface area contributed by atoms with E-state index in [2.05, 4.69) is 29.4 Å². The molecule has 1 aromatic heterocycles. The molecule has 1 atom stereocenters. The van der Waals surface area contributed by atoms with Gasteiger partial charge in [0.05, 0.1) is 0 Å². The van der Waals surface area contributed by atoms with Crippen LogP contribution in [-0.4, -0.2) is 22.8 Å². The van der Waals surface area contributed by atoms with Gasteiger partial charge in [-0.2, -0.15) is 0 Å². The first-order valence-electron chi connectivity index (χ1n) is 7.71. The van der Waals surface area contributed by atoms with E-state index in [1.54, 1.807) is 0 Å². The molecule has 0 radical (unpaired) electrons. The van der Waals surface area contributed by atoms with Gasteiger partial charge >= 0.3 is 0 Å². The van der Waals surface area contributed by atoms with E-state index in [0.29, 0.717) is 11.3 Å². The number of hydrogen-bond donors (Lipinski definition) is 1. The van der Waals surface area contributed by atoms with E-state index in [1.807, 2.05) is 0 Å². The SMILES string of the molecule is CC1(C)CCCCC1c1nnc(CCNC2CC2)o1.